The van der Waals surface area contributed by atoms with E-state index in [0.29, 0.717) is 6.42 Å². The van der Waals surface area contributed by atoms with E-state index < -0.39 is 13.5 Å². The molecule has 1 atom stereocenters. The summed E-state index contributed by atoms with van der Waals surface area (Å²) in [6.45, 7) is 1.92. The van der Waals surface area contributed by atoms with Crippen molar-refractivity contribution in [2.45, 2.75) is 13.3 Å². The molecule has 0 fully saturated rings. The number of nitrogens with one attached hydrogen (secondary N) is 1. The Labute approximate surface area is 107 Å². The predicted molar refractivity (Wildman–Crippen MR) is 69.9 cm³/mol. The molecule has 0 heterocycles. The van der Waals surface area contributed by atoms with Crippen molar-refractivity contribution in [3.05, 3.63) is 35.9 Å². The molecule has 0 radical (unpaired) electrons. The highest BCUT2D eigenvalue weighted by molar-refractivity contribution is 7.57. The van der Waals surface area contributed by atoms with E-state index in [2.05, 4.69) is 10.1 Å². The van der Waals surface area contributed by atoms with Gasteiger partial charge in [0, 0.05) is 6.16 Å². The molecule has 100 valence electrons. The molecule has 1 rings (SSSR count). The Hall–Kier alpha value is -1.32. The van der Waals surface area contributed by atoms with Gasteiger partial charge in [0.15, 0.2) is 0 Å². The highest BCUT2D eigenvalue weighted by atomic mass is 31.2. The van der Waals surface area contributed by atoms with Crippen LogP contribution >= 0.6 is 7.37 Å². The molecule has 1 unspecified atom stereocenters. The third-order valence-corrected chi connectivity index (χ3v) is 3.91. The monoisotopic (exact) mass is 271 g/mol. The number of carbonyl (C=O) groups is 1. The first kappa shape index (κ1) is 14.7. The van der Waals surface area contributed by atoms with Gasteiger partial charge in [-0.3, -0.25) is 4.57 Å². The minimum atomic E-state index is -3.35. The van der Waals surface area contributed by atoms with E-state index >= 15 is 0 Å². The van der Waals surface area contributed by atoms with E-state index in [1.54, 1.807) is 6.92 Å². The summed E-state index contributed by atoms with van der Waals surface area (Å²) < 4.78 is 16.4. The van der Waals surface area contributed by atoms with Crippen LogP contribution in [0.25, 0.3) is 0 Å². The Kier molecular flexibility index (Phi) is 5.89. The number of ether oxygens (including phenoxy) is 1. The lowest BCUT2D eigenvalue weighted by molar-refractivity contribution is 0.153. The van der Waals surface area contributed by atoms with E-state index in [9.17, 15) is 14.3 Å². The van der Waals surface area contributed by atoms with Crippen LogP contribution in [0.1, 0.15) is 12.5 Å². The predicted octanol–water partition coefficient (Wildman–Crippen LogP) is 2.20. The van der Waals surface area contributed by atoms with Crippen LogP contribution in [-0.2, 0) is 15.7 Å². The fourth-order valence-electron chi connectivity index (χ4n) is 1.40. The van der Waals surface area contributed by atoms with Crippen LogP contribution in [0, 0.1) is 0 Å². The Morgan fingerprint density at radius 1 is 1.39 bits per heavy atom. The van der Waals surface area contributed by atoms with Gasteiger partial charge in [0.05, 0.1) is 12.9 Å². The lowest BCUT2D eigenvalue weighted by Gasteiger charge is -2.12. The standard InChI is InChI=1S/C12H18NO4P/c1-2-17-12(14)13-10-18(15,16)9-8-11-6-4-3-5-7-11/h3-7H,2,8-10H2,1H3,(H,13,14)(H,15,16). The molecule has 0 aliphatic rings. The molecule has 1 amide bonds. The highest BCUT2D eigenvalue weighted by Gasteiger charge is 2.19. The Bertz CT molecular complexity index is 421. The van der Waals surface area contributed by atoms with Gasteiger partial charge < -0.3 is 14.9 Å². The molecule has 1 aromatic rings. The summed E-state index contributed by atoms with van der Waals surface area (Å²) in [5.41, 5.74) is 1.00. The maximum Gasteiger partial charge on any atom is 0.407 e. The number of benzene rings is 1. The van der Waals surface area contributed by atoms with Crippen LogP contribution in [0.4, 0.5) is 4.79 Å². The van der Waals surface area contributed by atoms with Gasteiger partial charge in [0.25, 0.3) is 0 Å². The number of hydrogen-bond donors (Lipinski definition) is 2. The van der Waals surface area contributed by atoms with Gasteiger partial charge in [-0.05, 0) is 18.9 Å². The van der Waals surface area contributed by atoms with Gasteiger partial charge >= 0.3 is 6.09 Å². The second-order valence-electron chi connectivity index (χ2n) is 3.86. The zero-order chi connectivity index (χ0) is 13.4. The van der Waals surface area contributed by atoms with Gasteiger partial charge in [0.1, 0.15) is 0 Å². The van der Waals surface area contributed by atoms with Crippen molar-refractivity contribution in [3.63, 3.8) is 0 Å². The van der Waals surface area contributed by atoms with Crippen molar-refractivity contribution in [1.29, 1.82) is 0 Å². The second-order valence-corrected chi connectivity index (χ2v) is 6.32. The van der Waals surface area contributed by atoms with Crippen LogP contribution in [0.5, 0.6) is 0 Å². The molecule has 0 bridgehead atoms. The molecule has 0 saturated carbocycles. The molecule has 2 N–H and O–H groups in total. The van der Waals surface area contributed by atoms with E-state index in [-0.39, 0.29) is 19.1 Å². The van der Waals surface area contributed by atoms with Crippen molar-refractivity contribution in [2.75, 3.05) is 19.1 Å². The molecule has 0 aliphatic heterocycles. The second kappa shape index (κ2) is 7.19. The third kappa shape index (κ3) is 5.84. The number of rotatable bonds is 6. The van der Waals surface area contributed by atoms with Crippen molar-refractivity contribution < 1.29 is 19.0 Å². The van der Waals surface area contributed by atoms with Gasteiger partial charge in [-0.25, -0.2) is 4.79 Å². The average Bonchev–Trinajstić information content (AvgIpc) is 2.36. The minimum Gasteiger partial charge on any atom is -0.450 e. The Balaban J connectivity index is 2.36. The van der Waals surface area contributed by atoms with E-state index in [0.717, 1.165) is 5.56 Å². The highest BCUT2D eigenvalue weighted by Crippen LogP contribution is 2.39. The number of alkyl carbamates (subject to hydrolysis) is 1. The minimum absolute atomic E-state index is 0.142. The summed E-state index contributed by atoms with van der Waals surface area (Å²) in [4.78, 5) is 20.7. The number of aryl methyl sites for hydroxylation is 1. The maximum absolute atomic E-state index is 11.8. The van der Waals surface area contributed by atoms with Gasteiger partial charge in [0.2, 0.25) is 7.37 Å². The first-order chi connectivity index (χ1) is 8.53. The summed E-state index contributed by atoms with van der Waals surface area (Å²) in [5.74, 6) is 0. The van der Waals surface area contributed by atoms with Crippen molar-refractivity contribution in [3.8, 4) is 0 Å². The summed E-state index contributed by atoms with van der Waals surface area (Å²) >= 11 is 0. The molecule has 0 aromatic heterocycles. The molecular formula is C12H18NO4P. The largest absolute Gasteiger partial charge is 0.450 e. The van der Waals surface area contributed by atoms with Crippen molar-refractivity contribution >= 4 is 13.5 Å². The van der Waals surface area contributed by atoms with Crippen molar-refractivity contribution in [2.24, 2.45) is 0 Å². The fourth-order valence-corrected chi connectivity index (χ4v) is 2.54. The molecule has 5 nitrogen and oxygen atoms in total. The summed E-state index contributed by atoms with van der Waals surface area (Å²) in [6.07, 6.45) is -0.257. The Morgan fingerprint density at radius 3 is 2.67 bits per heavy atom. The lowest BCUT2D eigenvalue weighted by Crippen LogP contribution is -2.26. The summed E-state index contributed by atoms with van der Waals surface area (Å²) in [6, 6.07) is 9.46. The van der Waals surface area contributed by atoms with Crippen LogP contribution in [-0.4, -0.2) is 30.0 Å². The van der Waals surface area contributed by atoms with Crippen molar-refractivity contribution in [1.82, 2.24) is 5.32 Å². The smallest absolute Gasteiger partial charge is 0.407 e. The topological polar surface area (TPSA) is 75.6 Å². The first-order valence-electron chi connectivity index (χ1n) is 5.79. The summed E-state index contributed by atoms with van der Waals surface area (Å²) in [5, 5.41) is 2.29. The quantitative estimate of drug-likeness (QED) is 0.778. The zero-order valence-electron chi connectivity index (χ0n) is 10.3. The van der Waals surface area contributed by atoms with Crippen LogP contribution in [0.2, 0.25) is 0 Å². The SMILES string of the molecule is CCOC(=O)NCP(=O)(O)CCc1ccccc1. The number of amides is 1. The van der Waals surface area contributed by atoms with Gasteiger partial charge in [-0.15, -0.1) is 0 Å². The van der Waals surface area contributed by atoms with Crippen LogP contribution in [0.15, 0.2) is 30.3 Å². The molecule has 6 heteroatoms. The van der Waals surface area contributed by atoms with E-state index in [4.69, 9.17) is 0 Å². The lowest BCUT2D eigenvalue weighted by atomic mass is 10.2. The summed E-state index contributed by atoms with van der Waals surface area (Å²) in [7, 11) is -3.35. The number of hydrogen-bond acceptors (Lipinski definition) is 3. The fraction of sp³-hybridized carbons (Fsp3) is 0.417. The van der Waals surface area contributed by atoms with Crippen LogP contribution < -0.4 is 5.32 Å². The zero-order valence-corrected chi connectivity index (χ0v) is 11.2. The molecule has 0 spiro atoms. The first-order valence-corrected chi connectivity index (χ1v) is 7.82. The number of carbonyl (C=O) groups excluding carboxylic acids is 1. The molecule has 1 aromatic carbocycles. The normalized spacial score (nSPS) is 13.7. The average molecular weight is 271 g/mol. The van der Waals surface area contributed by atoms with Gasteiger partial charge in [-0.1, -0.05) is 30.3 Å². The van der Waals surface area contributed by atoms with E-state index in [1.165, 1.54) is 0 Å². The van der Waals surface area contributed by atoms with Gasteiger partial charge in [-0.2, -0.15) is 0 Å². The Morgan fingerprint density at radius 2 is 2.06 bits per heavy atom. The molecular weight excluding hydrogens is 253 g/mol. The molecule has 0 saturated heterocycles. The third-order valence-electron chi connectivity index (χ3n) is 2.34. The maximum atomic E-state index is 11.8. The molecule has 18 heavy (non-hydrogen) atoms. The van der Waals surface area contributed by atoms with E-state index in [1.807, 2.05) is 30.3 Å². The van der Waals surface area contributed by atoms with Crippen LogP contribution in [0.3, 0.4) is 0 Å². The molecule has 0 aliphatic carbocycles.